The molecular formula is C31H34Cl2N4O6. The van der Waals surface area contributed by atoms with E-state index in [1.165, 1.54) is 4.90 Å². The number of aliphatic carboxylic acids is 1. The topological polar surface area (TPSA) is 137 Å². The number of likely N-dealkylation sites (N-methyl/N-ethyl adjacent to an activating group) is 1. The predicted octanol–water partition coefficient (Wildman–Crippen LogP) is 5.69. The van der Waals surface area contributed by atoms with Crippen molar-refractivity contribution in [3.05, 3.63) is 87.9 Å². The number of para-hydroxylation sites is 1. The minimum Gasteiger partial charge on any atom is -0.483 e. The van der Waals surface area contributed by atoms with Gasteiger partial charge in [0.1, 0.15) is 5.75 Å². The molecule has 0 bridgehead atoms. The van der Waals surface area contributed by atoms with Gasteiger partial charge < -0.3 is 30.7 Å². The van der Waals surface area contributed by atoms with Gasteiger partial charge in [0.15, 0.2) is 6.61 Å². The van der Waals surface area contributed by atoms with Crippen LogP contribution in [-0.2, 0) is 20.8 Å². The van der Waals surface area contributed by atoms with E-state index in [0.29, 0.717) is 44.7 Å². The largest absolute Gasteiger partial charge is 0.483 e. The summed E-state index contributed by atoms with van der Waals surface area (Å²) in [5, 5.41) is 17.8. The highest BCUT2D eigenvalue weighted by molar-refractivity contribution is 6.35. The van der Waals surface area contributed by atoms with Crippen molar-refractivity contribution in [3.63, 3.8) is 0 Å². The van der Waals surface area contributed by atoms with Crippen LogP contribution in [0.1, 0.15) is 37.4 Å². The van der Waals surface area contributed by atoms with E-state index in [1.807, 2.05) is 26.0 Å². The molecule has 4 N–H and O–H groups in total. The van der Waals surface area contributed by atoms with Crippen LogP contribution in [0.5, 0.6) is 5.75 Å². The SMILES string of the molecule is CC(C)CC(NC(=O)CNC(=O)Nc1cccc(CC(=O)O)c1)c1ccccc1OCC(=O)N(C)c1cc(Cl)cc(Cl)c1. The van der Waals surface area contributed by atoms with Crippen LogP contribution in [0, 0.1) is 5.92 Å². The maximum Gasteiger partial charge on any atom is 0.319 e. The molecule has 0 aliphatic heterocycles. The average Bonchev–Trinajstić information content (AvgIpc) is 2.93. The van der Waals surface area contributed by atoms with E-state index in [0.717, 1.165) is 0 Å². The number of anilines is 2. The lowest BCUT2D eigenvalue weighted by atomic mass is 9.96. The lowest BCUT2D eigenvalue weighted by Gasteiger charge is -2.24. The van der Waals surface area contributed by atoms with E-state index in [4.69, 9.17) is 33.0 Å². The van der Waals surface area contributed by atoms with Crippen LogP contribution in [0.4, 0.5) is 16.2 Å². The molecule has 228 valence electrons. The number of benzene rings is 3. The molecule has 0 fully saturated rings. The van der Waals surface area contributed by atoms with Crippen LogP contribution in [0.3, 0.4) is 0 Å². The zero-order chi connectivity index (χ0) is 31.5. The van der Waals surface area contributed by atoms with Gasteiger partial charge in [0.05, 0.1) is 19.0 Å². The molecule has 3 aromatic rings. The molecule has 0 radical (unpaired) electrons. The molecule has 1 unspecified atom stereocenters. The zero-order valence-corrected chi connectivity index (χ0v) is 25.5. The lowest BCUT2D eigenvalue weighted by Crippen LogP contribution is -2.40. The van der Waals surface area contributed by atoms with E-state index in [1.54, 1.807) is 61.6 Å². The summed E-state index contributed by atoms with van der Waals surface area (Å²) in [6.07, 6.45) is 0.396. The molecule has 3 rings (SSSR count). The van der Waals surface area contributed by atoms with Crippen molar-refractivity contribution in [2.75, 3.05) is 30.4 Å². The number of rotatable bonds is 13. The summed E-state index contributed by atoms with van der Waals surface area (Å²) in [4.78, 5) is 50.5. The number of hydrogen-bond acceptors (Lipinski definition) is 5. The van der Waals surface area contributed by atoms with Gasteiger partial charge in [-0.05, 0) is 54.3 Å². The van der Waals surface area contributed by atoms with Crippen molar-refractivity contribution >= 4 is 58.4 Å². The maximum absolute atomic E-state index is 12.9. The standard InChI is InChI=1S/C31H34Cl2N4O6/c1-19(2)11-26(36-28(38)17-34-31(42)35-23-8-6-7-20(12-23)13-30(40)41)25-9-4-5-10-27(25)43-18-29(39)37(3)24-15-21(32)14-22(33)16-24/h4-10,12,14-16,19,26H,11,13,17-18H2,1-3H3,(H,36,38)(H,40,41)(H2,34,35,42). The lowest BCUT2D eigenvalue weighted by molar-refractivity contribution is -0.136. The van der Waals surface area contributed by atoms with Gasteiger partial charge in [-0.1, -0.05) is 67.4 Å². The second-order valence-electron chi connectivity index (χ2n) is 10.2. The Morgan fingerprint density at radius 2 is 1.65 bits per heavy atom. The second-order valence-corrected chi connectivity index (χ2v) is 11.1. The Kier molecular flexibility index (Phi) is 12.2. The number of nitrogens with one attached hydrogen (secondary N) is 3. The first kappa shape index (κ1) is 33.2. The molecule has 0 aliphatic rings. The molecular weight excluding hydrogens is 595 g/mol. The molecule has 0 spiro atoms. The van der Waals surface area contributed by atoms with Crippen molar-refractivity contribution in [1.82, 2.24) is 10.6 Å². The molecule has 12 heteroatoms. The highest BCUT2D eigenvalue weighted by Gasteiger charge is 2.21. The highest BCUT2D eigenvalue weighted by atomic mass is 35.5. The second kappa shape index (κ2) is 15.8. The fraction of sp³-hybridized carbons (Fsp3) is 0.290. The van der Waals surface area contributed by atoms with Crippen LogP contribution < -0.4 is 25.6 Å². The fourth-order valence-corrected chi connectivity index (χ4v) is 4.78. The molecule has 0 aliphatic carbocycles. The van der Waals surface area contributed by atoms with Gasteiger partial charge in [0, 0.05) is 34.0 Å². The van der Waals surface area contributed by atoms with E-state index < -0.39 is 23.9 Å². The molecule has 0 heterocycles. The summed E-state index contributed by atoms with van der Waals surface area (Å²) in [5.41, 5.74) is 2.14. The Morgan fingerprint density at radius 3 is 2.33 bits per heavy atom. The highest BCUT2D eigenvalue weighted by Crippen LogP contribution is 2.30. The zero-order valence-electron chi connectivity index (χ0n) is 24.0. The summed E-state index contributed by atoms with van der Waals surface area (Å²) >= 11 is 12.1. The number of carboxylic acid groups (broad SMARTS) is 1. The molecule has 4 amide bonds. The van der Waals surface area contributed by atoms with Crippen molar-refractivity contribution in [3.8, 4) is 5.75 Å². The number of nitrogens with zero attached hydrogens (tertiary/aromatic N) is 1. The molecule has 1 atom stereocenters. The van der Waals surface area contributed by atoms with Gasteiger partial charge in [-0.25, -0.2) is 4.79 Å². The predicted molar refractivity (Wildman–Crippen MR) is 167 cm³/mol. The van der Waals surface area contributed by atoms with Gasteiger partial charge >= 0.3 is 12.0 Å². The van der Waals surface area contributed by atoms with E-state index in [9.17, 15) is 19.2 Å². The van der Waals surface area contributed by atoms with Crippen molar-refractivity contribution in [1.29, 1.82) is 0 Å². The van der Waals surface area contributed by atoms with Gasteiger partial charge in [0.2, 0.25) is 5.91 Å². The number of amides is 4. The first-order chi connectivity index (χ1) is 20.4. The van der Waals surface area contributed by atoms with Crippen molar-refractivity contribution in [2.24, 2.45) is 5.92 Å². The van der Waals surface area contributed by atoms with E-state index in [-0.39, 0.29) is 31.4 Å². The monoisotopic (exact) mass is 628 g/mol. The molecule has 0 saturated carbocycles. The fourth-order valence-electron chi connectivity index (χ4n) is 4.26. The van der Waals surface area contributed by atoms with E-state index in [2.05, 4.69) is 16.0 Å². The molecule has 0 saturated heterocycles. The smallest absolute Gasteiger partial charge is 0.319 e. The Morgan fingerprint density at radius 1 is 0.953 bits per heavy atom. The summed E-state index contributed by atoms with van der Waals surface area (Å²) in [6.45, 7) is 3.46. The third-order valence-electron chi connectivity index (χ3n) is 6.25. The van der Waals surface area contributed by atoms with Gasteiger partial charge in [-0.15, -0.1) is 0 Å². The average molecular weight is 630 g/mol. The number of urea groups is 1. The van der Waals surface area contributed by atoms with Crippen molar-refractivity contribution < 1.29 is 29.0 Å². The number of ether oxygens (including phenoxy) is 1. The third kappa shape index (κ3) is 10.8. The molecule has 43 heavy (non-hydrogen) atoms. The number of carbonyl (C=O) groups excluding carboxylic acids is 3. The van der Waals surface area contributed by atoms with Crippen molar-refractivity contribution in [2.45, 2.75) is 32.7 Å². The maximum atomic E-state index is 12.9. The van der Waals surface area contributed by atoms with Crippen LogP contribution in [-0.4, -0.2) is 49.1 Å². The number of halogens is 2. The summed E-state index contributed by atoms with van der Waals surface area (Å²) in [7, 11) is 1.59. The van der Waals surface area contributed by atoms with Crippen LogP contribution in [0.2, 0.25) is 10.0 Å². The van der Waals surface area contributed by atoms with Gasteiger partial charge in [-0.2, -0.15) is 0 Å². The van der Waals surface area contributed by atoms with Gasteiger partial charge in [0.25, 0.3) is 5.91 Å². The third-order valence-corrected chi connectivity index (χ3v) is 6.68. The van der Waals surface area contributed by atoms with Crippen LogP contribution >= 0.6 is 23.2 Å². The summed E-state index contributed by atoms with van der Waals surface area (Å²) < 4.78 is 5.92. The van der Waals surface area contributed by atoms with E-state index >= 15 is 0 Å². The van der Waals surface area contributed by atoms with Crippen LogP contribution in [0.15, 0.2) is 66.7 Å². The Labute approximate surface area is 260 Å². The quantitative estimate of drug-likeness (QED) is 0.192. The number of hydrogen-bond donors (Lipinski definition) is 4. The van der Waals surface area contributed by atoms with Crippen LogP contribution in [0.25, 0.3) is 0 Å². The summed E-state index contributed by atoms with van der Waals surface area (Å²) in [5.74, 6) is -1.10. The van der Waals surface area contributed by atoms with Gasteiger partial charge in [-0.3, -0.25) is 14.4 Å². The number of carbonyl (C=O) groups is 4. The first-order valence-electron chi connectivity index (χ1n) is 13.5. The molecule has 0 aromatic heterocycles. The first-order valence-corrected chi connectivity index (χ1v) is 14.3. The molecule has 3 aromatic carbocycles. The normalized spacial score (nSPS) is 11.4. The Bertz CT molecular complexity index is 1450. The Hall–Kier alpha value is -4.28. The molecule has 10 nitrogen and oxygen atoms in total. The summed E-state index contributed by atoms with van der Waals surface area (Å²) in [6, 6.07) is 17.3. The minimum atomic E-state index is -0.983. The minimum absolute atomic E-state index is 0.177. The Balaban J connectivity index is 1.62. The number of carboxylic acids is 1.